The van der Waals surface area contributed by atoms with Crippen molar-refractivity contribution in [2.24, 2.45) is 5.73 Å². The lowest BCUT2D eigenvalue weighted by Gasteiger charge is -2.09. The van der Waals surface area contributed by atoms with Crippen LogP contribution in [-0.4, -0.2) is 11.1 Å². The van der Waals surface area contributed by atoms with Crippen LogP contribution in [0.25, 0.3) is 0 Å². The Balaban J connectivity index is 3.02. The van der Waals surface area contributed by atoms with Crippen LogP contribution in [0.1, 0.15) is 29.7 Å². The van der Waals surface area contributed by atoms with Crippen LogP contribution in [0.3, 0.4) is 0 Å². The third-order valence-electron chi connectivity index (χ3n) is 2.37. The largest absolute Gasteiger partial charge is 0.480 e. The normalized spacial score (nSPS) is 12.5. The van der Waals surface area contributed by atoms with Crippen molar-refractivity contribution >= 4 is 5.97 Å². The van der Waals surface area contributed by atoms with Crippen molar-refractivity contribution in [2.75, 3.05) is 0 Å². The minimum absolute atomic E-state index is 0.659. The first-order chi connectivity index (χ1) is 6.56. The van der Waals surface area contributed by atoms with Gasteiger partial charge in [0.1, 0.15) is 6.04 Å². The minimum atomic E-state index is -0.992. The fourth-order valence-electron chi connectivity index (χ4n) is 1.45. The summed E-state index contributed by atoms with van der Waals surface area (Å²) in [7, 11) is 0. The monoisotopic (exact) mass is 193 g/mol. The summed E-state index contributed by atoms with van der Waals surface area (Å²) in [6, 6.07) is 4.65. The number of aliphatic carboxylic acids is 1. The van der Waals surface area contributed by atoms with Gasteiger partial charge in [-0.1, -0.05) is 25.1 Å². The van der Waals surface area contributed by atoms with Crippen LogP contribution in [0.4, 0.5) is 0 Å². The molecule has 0 saturated heterocycles. The summed E-state index contributed by atoms with van der Waals surface area (Å²) in [5, 5.41) is 8.73. The van der Waals surface area contributed by atoms with E-state index in [-0.39, 0.29) is 0 Å². The molecule has 0 bridgehead atoms. The van der Waals surface area contributed by atoms with E-state index < -0.39 is 12.0 Å². The quantitative estimate of drug-likeness (QED) is 0.767. The smallest absolute Gasteiger partial charge is 0.325 e. The van der Waals surface area contributed by atoms with Gasteiger partial charge >= 0.3 is 5.97 Å². The highest BCUT2D eigenvalue weighted by molar-refractivity contribution is 5.75. The van der Waals surface area contributed by atoms with E-state index in [0.29, 0.717) is 5.56 Å². The van der Waals surface area contributed by atoms with E-state index in [2.05, 4.69) is 6.92 Å². The molecular weight excluding hydrogens is 178 g/mol. The van der Waals surface area contributed by atoms with Crippen molar-refractivity contribution in [1.29, 1.82) is 0 Å². The zero-order valence-corrected chi connectivity index (χ0v) is 8.45. The lowest BCUT2D eigenvalue weighted by molar-refractivity contribution is -0.138. The molecule has 0 aliphatic heterocycles. The van der Waals surface area contributed by atoms with Crippen LogP contribution in [0.2, 0.25) is 0 Å². The average molecular weight is 193 g/mol. The number of rotatable bonds is 3. The molecule has 1 aromatic carbocycles. The van der Waals surface area contributed by atoms with Crippen LogP contribution in [-0.2, 0) is 11.2 Å². The Kier molecular flexibility index (Phi) is 3.25. The molecule has 0 radical (unpaired) electrons. The Labute approximate surface area is 83.6 Å². The Bertz CT molecular complexity index is 347. The van der Waals surface area contributed by atoms with Gasteiger partial charge in [-0.2, -0.15) is 0 Å². The zero-order chi connectivity index (χ0) is 10.7. The van der Waals surface area contributed by atoms with Crippen molar-refractivity contribution in [2.45, 2.75) is 26.3 Å². The van der Waals surface area contributed by atoms with Crippen LogP contribution in [0, 0.1) is 6.92 Å². The highest BCUT2D eigenvalue weighted by atomic mass is 16.4. The molecule has 0 aromatic heterocycles. The molecule has 14 heavy (non-hydrogen) atoms. The molecule has 3 heteroatoms. The highest BCUT2D eigenvalue weighted by Gasteiger charge is 2.14. The maximum atomic E-state index is 10.6. The molecule has 0 fully saturated rings. The Hall–Kier alpha value is -1.35. The van der Waals surface area contributed by atoms with E-state index in [0.717, 1.165) is 12.0 Å². The summed E-state index contributed by atoms with van der Waals surface area (Å²) >= 11 is 0. The molecular formula is C11H15NO2. The van der Waals surface area contributed by atoms with Crippen molar-refractivity contribution in [3.05, 3.63) is 34.9 Å². The van der Waals surface area contributed by atoms with Gasteiger partial charge in [0.2, 0.25) is 0 Å². The van der Waals surface area contributed by atoms with Crippen molar-refractivity contribution in [1.82, 2.24) is 0 Å². The molecule has 0 aliphatic carbocycles. The van der Waals surface area contributed by atoms with E-state index in [4.69, 9.17) is 10.8 Å². The molecule has 0 saturated carbocycles. The number of carbonyl (C=O) groups is 1. The minimum Gasteiger partial charge on any atom is -0.480 e. The molecule has 0 amide bonds. The van der Waals surface area contributed by atoms with E-state index in [1.807, 2.05) is 19.1 Å². The molecule has 0 spiro atoms. The summed E-state index contributed by atoms with van der Waals surface area (Å²) in [6.07, 6.45) is 0.953. The van der Waals surface area contributed by atoms with Gasteiger partial charge in [-0.15, -0.1) is 0 Å². The van der Waals surface area contributed by atoms with Crippen LogP contribution >= 0.6 is 0 Å². The first kappa shape index (κ1) is 10.7. The van der Waals surface area contributed by atoms with Gasteiger partial charge in [-0.3, -0.25) is 4.79 Å². The summed E-state index contributed by atoms with van der Waals surface area (Å²) in [5.41, 5.74) is 8.48. The summed E-state index contributed by atoms with van der Waals surface area (Å²) in [6.45, 7) is 4.04. The fraction of sp³-hybridized carbons (Fsp3) is 0.364. The third kappa shape index (κ3) is 2.12. The Morgan fingerprint density at radius 3 is 2.64 bits per heavy atom. The van der Waals surface area contributed by atoms with Gasteiger partial charge in [0.05, 0.1) is 0 Å². The molecule has 0 aliphatic rings. The first-order valence-corrected chi connectivity index (χ1v) is 4.64. The second-order valence-electron chi connectivity index (χ2n) is 3.36. The maximum Gasteiger partial charge on any atom is 0.325 e. The van der Waals surface area contributed by atoms with Crippen molar-refractivity contribution in [3.63, 3.8) is 0 Å². The number of carboxylic acid groups (broad SMARTS) is 1. The standard InChI is InChI=1S/C11H15NO2/c1-3-8-4-5-9(6-7(8)2)10(12)11(13)14/h4-6,10H,3,12H2,1-2H3,(H,13,14). The number of hydrogen-bond acceptors (Lipinski definition) is 2. The second-order valence-corrected chi connectivity index (χ2v) is 3.36. The van der Waals surface area contributed by atoms with Gasteiger partial charge in [-0.05, 0) is 30.0 Å². The molecule has 76 valence electrons. The Morgan fingerprint density at radius 2 is 2.21 bits per heavy atom. The SMILES string of the molecule is CCc1ccc(C(N)C(=O)O)cc1C. The molecule has 1 aromatic rings. The molecule has 1 rings (SSSR count). The predicted octanol–water partition coefficient (Wildman–Crippen LogP) is 1.64. The molecule has 3 N–H and O–H groups in total. The predicted molar refractivity (Wildman–Crippen MR) is 55.1 cm³/mol. The number of carboxylic acids is 1. The number of hydrogen-bond donors (Lipinski definition) is 2. The summed E-state index contributed by atoms with van der Waals surface area (Å²) < 4.78 is 0. The van der Waals surface area contributed by atoms with E-state index in [1.54, 1.807) is 6.07 Å². The Morgan fingerprint density at radius 1 is 1.57 bits per heavy atom. The highest BCUT2D eigenvalue weighted by Crippen LogP contribution is 2.16. The van der Waals surface area contributed by atoms with Gasteiger partial charge in [0.25, 0.3) is 0 Å². The number of benzene rings is 1. The topological polar surface area (TPSA) is 63.3 Å². The molecule has 3 nitrogen and oxygen atoms in total. The van der Waals surface area contributed by atoms with E-state index in [9.17, 15) is 4.79 Å². The fourth-order valence-corrected chi connectivity index (χ4v) is 1.45. The van der Waals surface area contributed by atoms with Gasteiger partial charge in [-0.25, -0.2) is 0 Å². The second kappa shape index (κ2) is 4.24. The molecule has 1 unspecified atom stereocenters. The van der Waals surface area contributed by atoms with E-state index in [1.165, 1.54) is 5.56 Å². The van der Waals surface area contributed by atoms with Crippen molar-refractivity contribution in [3.8, 4) is 0 Å². The van der Waals surface area contributed by atoms with Crippen molar-refractivity contribution < 1.29 is 9.90 Å². The average Bonchev–Trinajstić information content (AvgIpc) is 2.16. The number of aryl methyl sites for hydroxylation is 2. The maximum absolute atomic E-state index is 10.6. The van der Waals surface area contributed by atoms with Gasteiger partial charge in [0, 0.05) is 0 Å². The zero-order valence-electron chi connectivity index (χ0n) is 8.45. The van der Waals surface area contributed by atoms with E-state index >= 15 is 0 Å². The van der Waals surface area contributed by atoms with Gasteiger partial charge < -0.3 is 10.8 Å². The third-order valence-corrected chi connectivity index (χ3v) is 2.37. The summed E-state index contributed by atoms with van der Waals surface area (Å²) in [4.78, 5) is 10.6. The van der Waals surface area contributed by atoms with Crippen LogP contribution < -0.4 is 5.73 Å². The molecule has 0 heterocycles. The number of nitrogens with two attached hydrogens (primary N) is 1. The lowest BCUT2D eigenvalue weighted by Crippen LogP contribution is -2.20. The lowest BCUT2D eigenvalue weighted by atomic mass is 9.99. The van der Waals surface area contributed by atoms with Crippen LogP contribution in [0.15, 0.2) is 18.2 Å². The summed E-state index contributed by atoms with van der Waals surface area (Å²) in [5.74, 6) is -0.992. The van der Waals surface area contributed by atoms with Crippen LogP contribution in [0.5, 0.6) is 0 Å². The van der Waals surface area contributed by atoms with Gasteiger partial charge in [0.15, 0.2) is 0 Å². The molecule has 1 atom stereocenters. The first-order valence-electron chi connectivity index (χ1n) is 4.64.